The topological polar surface area (TPSA) is 97.1 Å². The molecule has 1 amide bonds. The summed E-state index contributed by atoms with van der Waals surface area (Å²) >= 11 is 0. The van der Waals surface area contributed by atoms with E-state index in [9.17, 15) is 9.59 Å². The van der Waals surface area contributed by atoms with Crippen LogP contribution >= 0.6 is 0 Å². The molecule has 4 aromatic carbocycles. The molecule has 0 aliphatic carbocycles. The number of anilines is 2. The Morgan fingerprint density at radius 1 is 0.605 bits per heavy atom. The standard InChI is InChI=1S/C36H36N4O3/c1-25(41)7-5-3-4-6-8-34(42)38-33-23-19-29(20-24-33)27-11-15-31(16-12-27)36-39-35(40-43-36)30-13-9-26(10-14-30)28-17-21-32(37-2)22-18-28/h9-24,37H,3-8H2,1-2H3,(H,38,42). The molecule has 5 aromatic rings. The molecule has 1 heterocycles. The molecule has 0 bridgehead atoms. The number of rotatable bonds is 13. The lowest BCUT2D eigenvalue weighted by Gasteiger charge is -2.07. The van der Waals surface area contributed by atoms with Gasteiger partial charge >= 0.3 is 0 Å². The van der Waals surface area contributed by atoms with Crippen LogP contribution in [0.5, 0.6) is 0 Å². The second kappa shape index (κ2) is 14.2. The van der Waals surface area contributed by atoms with Gasteiger partial charge in [0, 0.05) is 42.4 Å². The summed E-state index contributed by atoms with van der Waals surface area (Å²) in [5, 5.41) is 10.3. The van der Waals surface area contributed by atoms with Crippen LogP contribution in [0.1, 0.15) is 45.4 Å². The highest BCUT2D eigenvalue weighted by molar-refractivity contribution is 5.91. The van der Waals surface area contributed by atoms with Crippen LogP contribution in [-0.2, 0) is 9.59 Å². The predicted octanol–water partition coefficient (Wildman–Crippen LogP) is 8.65. The van der Waals surface area contributed by atoms with E-state index in [2.05, 4.69) is 57.2 Å². The molecule has 0 radical (unpaired) electrons. The summed E-state index contributed by atoms with van der Waals surface area (Å²) in [6.07, 6.45) is 4.78. The summed E-state index contributed by atoms with van der Waals surface area (Å²) in [4.78, 5) is 27.9. The second-order valence-corrected chi connectivity index (χ2v) is 10.6. The number of nitrogens with one attached hydrogen (secondary N) is 2. The summed E-state index contributed by atoms with van der Waals surface area (Å²) in [5.41, 5.74) is 7.94. The van der Waals surface area contributed by atoms with Crippen LogP contribution in [0.25, 0.3) is 45.1 Å². The summed E-state index contributed by atoms with van der Waals surface area (Å²) in [7, 11) is 1.91. The van der Waals surface area contributed by atoms with Crippen LogP contribution < -0.4 is 10.6 Å². The molecule has 43 heavy (non-hydrogen) atoms. The van der Waals surface area contributed by atoms with Crippen molar-refractivity contribution >= 4 is 23.1 Å². The van der Waals surface area contributed by atoms with Gasteiger partial charge in [0.05, 0.1) is 0 Å². The monoisotopic (exact) mass is 572 g/mol. The fourth-order valence-electron chi connectivity index (χ4n) is 4.89. The average Bonchev–Trinajstić information content (AvgIpc) is 3.54. The Hall–Kier alpha value is -5.04. The Balaban J connectivity index is 1.14. The van der Waals surface area contributed by atoms with Crippen molar-refractivity contribution in [2.24, 2.45) is 0 Å². The molecule has 0 unspecified atom stereocenters. The van der Waals surface area contributed by atoms with Gasteiger partial charge in [0.2, 0.25) is 11.7 Å². The van der Waals surface area contributed by atoms with Gasteiger partial charge in [-0.1, -0.05) is 78.7 Å². The predicted molar refractivity (Wildman–Crippen MR) is 173 cm³/mol. The molecular weight excluding hydrogens is 536 g/mol. The Morgan fingerprint density at radius 2 is 1.07 bits per heavy atom. The Kier molecular flexibility index (Phi) is 9.74. The van der Waals surface area contributed by atoms with Gasteiger partial charge in [-0.05, 0) is 78.4 Å². The molecule has 7 nitrogen and oxygen atoms in total. The maximum absolute atomic E-state index is 12.3. The lowest BCUT2D eigenvalue weighted by molar-refractivity contribution is -0.117. The van der Waals surface area contributed by atoms with E-state index in [1.165, 1.54) is 0 Å². The van der Waals surface area contributed by atoms with Crippen molar-refractivity contribution < 1.29 is 14.1 Å². The van der Waals surface area contributed by atoms with Gasteiger partial charge in [-0.2, -0.15) is 4.98 Å². The smallest absolute Gasteiger partial charge is 0.258 e. The highest BCUT2D eigenvalue weighted by Gasteiger charge is 2.12. The third-order valence-electron chi connectivity index (χ3n) is 7.39. The number of hydrogen-bond donors (Lipinski definition) is 2. The van der Waals surface area contributed by atoms with Crippen LogP contribution in [0.2, 0.25) is 0 Å². The van der Waals surface area contributed by atoms with Crippen molar-refractivity contribution in [2.45, 2.75) is 45.4 Å². The van der Waals surface area contributed by atoms with E-state index in [0.29, 0.717) is 24.6 Å². The number of carbonyl (C=O) groups is 2. The first-order valence-corrected chi connectivity index (χ1v) is 14.7. The Bertz CT molecular complexity index is 1640. The zero-order valence-corrected chi connectivity index (χ0v) is 24.6. The van der Waals surface area contributed by atoms with Crippen LogP contribution in [0.15, 0.2) is 102 Å². The number of hydrogen-bond acceptors (Lipinski definition) is 6. The van der Waals surface area contributed by atoms with Gasteiger partial charge in [0.25, 0.3) is 5.89 Å². The van der Waals surface area contributed by atoms with E-state index in [1.54, 1.807) is 6.92 Å². The minimum Gasteiger partial charge on any atom is -0.388 e. The molecule has 218 valence electrons. The molecule has 0 atom stereocenters. The van der Waals surface area contributed by atoms with Gasteiger partial charge in [0.1, 0.15) is 5.78 Å². The van der Waals surface area contributed by atoms with E-state index < -0.39 is 0 Å². The van der Waals surface area contributed by atoms with Crippen molar-refractivity contribution in [3.63, 3.8) is 0 Å². The van der Waals surface area contributed by atoms with E-state index in [1.807, 2.05) is 67.7 Å². The van der Waals surface area contributed by atoms with Crippen molar-refractivity contribution in [3.8, 4) is 45.1 Å². The van der Waals surface area contributed by atoms with Crippen LogP contribution in [0.3, 0.4) is 0 Å². The number of amides is 1. The van der Waals surface area contributed by atoms with E-state index >= 15 is 0 Å². The maximum Gasteiger partial charge on any atom is 0.258 e. The van der Waals surface area contributed by atoms with Crippen molar-refractivity contribution in [2.75, 3.05) is 17.7 Å². The lowest BCUT2D eigenvalue weighted by Crippen LogP contribution is -2.10. The minimum absolute atomic E-state index is 0.0120. The minimum atomic E-state index is 0.0120. The second-order valence-electron chi connectivity index (χ2n) is 10.6. The first-order chi connectivity index (χ1) is 21.0. The quantitative estimate of drug-likeness (QED) is 0.137. The first-order valence-electron chi connectivity index (χ1n) is 14.7. The highest BCUT2D eigenvalue weighted by atomic mass is 16.5. The summed E-state index contributed by atoms with van der Waals surface area (Å²) in [6.45, 7) is 1.62. The Morgan fingerprint density at radius 3 is 1.60 bits per heavy atom. The third kappa shape index (κ3) is 8.04. The first kappa shape index (κ1) is 29.5. The fourth-order valence-corrected chi connectivity index (χ4v) is 4.89. The van der Waals surface area contributed by atoms with Gasteiger partial charge in [0.15, 0.2) is 0 Å². The number of nitrogens with zero attached hydrogens (tertiary/aromatic N) is 2. The average molecular weight is 573 g/mol. The van der Waals surface area contributed by atoms with Gasteiger partial charge in [-0.25, -0.2) is 0 Å². The SMILES string of the molecule is CNc1ccc(-c2ccc(-c3noc(-c4ccc(-c5ccc(NC(=O)CCCCCCC(C)=O)cc5)cc4)n3)cc2)cc1. The molecule has 1 aromatic heterocycles. The lowest BCUT2D eigenvalue weighted by atomic mass is 10.0. The summed E-state index contributed by atoms with van der Waals surface area (Å²) in [5.74, 6) is 1.24. The molecule has 0 saturated heterocycles. The fraction of sp³-hybridized carbons (Fsp3) is 0.222. The summed E-state index contributed by atoms with van der Waals surface area (Å²) < 4.78 is 5.58. The number of Topliss-reactive ketones (excluding diaryl/α,β-unsaturated/α-hetero) is 1. The van der Waals surface area contributed by atoms with E-state index in [0.717, 1.165) is 70.4 Å². The van der Waals surface area contributed by atoms with Crippen molar-refractivity contribution in [1.82, 2.24) is 10.1 Å². The highest BCUT2D eigenvalue weighted by Crippen LogP contribution is 2.28. The zero-order valence-electron chi connectivity index (χ0n) is 24.6. The number of benzene rings is 4. The van der Waals surface area contributed by atoms with Gasteiger partial charge in [-0.15, -0.1) is 0 Å². The molecule has 0 aliphatic rings. The molecule has 0 aliphatic heterocycles. The van der Waals surface area contributed by atoms with Crippen LogP contribution in [0, 0.1) is 0 Å². The number of unbranched alkanes of at least 4 members (excludes halogenated alkanes) is 3. The molecule has 7 heteroatoms. The van der Waals surface area contributed by atoms with Crippen molar-refractivity contribution in [1.29, 1.82) is 0 Å². The zero-order chi connectivity index (χ0) is 30.0. The van der Waals surface area contributed by atoms with Crippen LogP contribution in [-0.4, -0.2) is 28.9 Å². The molecule has 0 fully saturated rings. The number of ketones is 1. The van der Waals surface area contributed by atoms with E-state index in [4.69, 9.17) is 4.52 Å². The van der Waals surface area contributed by atoms with E-state index in [-0.39, 0.29) is 11.7 Å². The maximum atomic E-state index is 12.3. The third-order valence-corrected chi connectivity index (χ3v) is 7.39. The molecule has 0 spiro atoms. The van der Waals surface area contributed by atoms with Crippen LogP contribution in [0.4, 0.5) is 11.4 Å². The van der Waals surface area contributed by atoms with Crippen molar-refractivity contribution in [3.05, 3.63) is 97.1 Å². The van der Waals surface area contributed by atoms with Gasteiger partial charge < -0.3 is 20.0 Å². The summed E-state index contributed by atoms with van der Waals surface area (Å²) in [6, 6.07) is 32.2. The normalized spacial score (nSPS) is 10.8. The molecular formula is C36H36N4O3. The molecule has 5 rings (SSSR count). The Labute approximate surface area is 252 Å². The van der Waals surface area contributed by atoms with Gasteiger partial charge in [-0.3, -0.25) is 4.79 Å². The molecule has 2 N–H and O–H groups in total. The number of aromatic nitrogens is 2. The largest absolute Gasteiger partial charge is 0.388 e. The number of carbonyl (C=O) groups excluding carboxylic acids is 2. The molecule has 0 saturated carbocycles.